The van der Waals surface area contributed by atoms with E-state index in [0.29, 0.717) is 52.5 Å². The highest BCUT2D eigenvalue weighted by Crippen LogP contribution is 2.27. The van der Waals surface area contributed by atoms with Crippen LogP contribution in [0.5, 0.6) is 0 Å². The number of hydrogen-bond acceptors (Lipinski definition) is 3. The number of rotatable bonds is 5. The van der Waals surface area contributed by atoms with E-state index in [-0.39, 0.29) is 17.5 Å². The summed E-state index contributed by atoms with van der Waals surface area (Å²) in [7, 11) is 0. The first-order valence-corrected chi connectivity index (χ1v) is 10.8. The van der Waals surface area contributed by atoms with Crippen LogP contribution in [0.25, 0.3) is 0 Å². The maximum atomic E-state index is 13.0. The van der Waals surface area contributed by atoms with Gasteiger partial charge in [0.2, 0.25) is 0 Å². The minimum atomic E-state index is -0.354. The molecule has 4 rings (SSSR count). The number of carbonyl (C=O) groups is 2. The summed E-state index contributed by atoms with van der Waals surface area (Å²) < 4.78 is 1.57. The summed E-state index contributed by atoms with van der Waals surface area (Å²) in [5, 5.41) is 8.20. The number of anilines is 1. The highest BCUT2D eigenvalue weighted by atomic mass is 35.5. The van der Waals surface area contributed by atoms with E-state index in [1.807, 2.05) is 24.3 Å². The van der Waals surface area contributed by atoms with Gasteiger partial charge in [-0.15, -0.1) is 0 Å². The normalized spacial score (nSPS) is 13.5. The van der Waals surface area contributed by atoms with Crippen LogP contribution in [0, 0.1) is 0 Å². The third-order valence-electron chi connectivity index (χ3n) is 5.35. The van der Waals surface area contributed by atoms with Crippen molar-refractivity contribution in [2.75, 3.05) is 11.9 Å². The number of amides is 2. The van der Waals surface area contributed by atoms with Gasteiger partial charge >= 0.3 is 0 Å². The molecule has 3 aromatic rings. The van der Waals surface area contributed by atoms with Gasteiger partial charge in [-0.2, -0.15) is 5.10 Å². The second kappa shape index (κ2) is 8.73. The van der Waals surface area contributed by atoms with Gasteiger partial charge in [0.05, 0.1) is 6.54 Å². The molecule has 0 bridgehead atoms. The van der Waals surface area contributed by atoms with Gasteiger partial charge in [-0.25, -0.2) is 0 Å². The average molecular weight is 457 g/mol. The molecule has 31 heavy (non-hydrogen) atoms. The molecule has 8 heteroatoms. The molecule has 1 aromatic heterocycles. The monoisotopic (exact) mass is 456 g/mol. The molecule has 0 atom stereocenters. The van der Waals surface area contributed by atoms with E-state index in [2.05, 4.69) is 24.3 Å². The van der Waals surface area contributed by atoms with Crippen molar-refractivity contribution in [2.24, 2.45) is 0 Å². The van der Waals surface area contributed by atoms with E-state index in [1.54, 1.807) is 27.8 Å². The Labute approximate surface area is 190 Å². The van der Waals surface area contributed by atoms with Gasteiger partial charge in [-0.1, -0.05) is 55.2 Å². The van der Waals surface area contributed by atoms with Gasteiger partial charge in [-0.3, -0.25) is 14.3 Å². The molecular formula is C23H22Cl2N4O2. The van der Waals surface area contributed by atoms with Crippen molar-refractivity contribution >= 4 is 40.7 Å². The number of nitrogens with zero attached hydrogens (tertiary/aromatic N) is 3. The Kier molecular flexibility index (Phi) is 6.03. The molecular weight excluding hydrogens is 435 g/mol. The lowest BCUT2D eigenvalue weighted by molar-refractivity contribution is 0.0683. The number of aromatic nitrogens is 2. The first kappa shape index (κ1) is 21.4. The Hall–Kier alpha value is -2.83. The van der Waals surface area contributed by atoms with Crippen LogP contribution in [0.2, 0.25) is 10.0 Å². The smallest absolute Gasteiger partial charge is 0.276 e. The number of nitrogens with one attached hydrogen (secondary N) is 1. The Bertz CT molecular complexity index is 1120. The highest BCUT2D eigenvalue weighted by Gasteiger charge is 2.28. The molecule has 6 nitrogen and oxygen atoms in total. The number of fused-ring (bicyclic) bond motifs is 1. The van der Waals surface area contributed by atoms with Crippen LogP contribution in [0.4, 0.5) is 5.69 Å². The molecule has 1 aliphatic heterocycles. The van der Waals surface area contributed by atoms with E-state index in [9.17, 15) is 9.59 Å². The molecule has 0 fully saturated rings. The minimum Gasteiger partial charge on any atom is -0.331 e. The van der Waals surface area contributed by atoms with Crippen molar-refractivity contribution in [3.8, 4) is 0 Å². The summed E-state index contributed by atoms with van der Waals surface area (Å²) in [6, 6.07) is 14.5. The highest BCUT2D eigenvalue weighted by molar-refractivity contribution is 6.36. The Morgan fingerprint density at radius 2 is 1.77 bits per heavy atom. The van der Waals surface area contributed by atoms with Crippen LogP contribution in [0.3, 0.4) is 0 Å². The molecule has 0 spiro atoms. The van der Waals surface area contributed by atoms with E-state index in [4.69, 9.17) is 23.2 Å². The van der Waals surface area contributed by atoms with E-state index >= 15 is 0 Å². The average Bonchev–Trinajstić information content (AvgIpc) is 3.18. The van der Waals surface area contributed by atoms with Gasteiger partial charge in [-0.05, 0) is 35.7 Å². The third-order valence-corrected chi connectivity index (χ3v) is 6.05. The first-order valence-electron chi connectivity index (χ1n) is 10.0. The third kappa shape index (κ3) is 4.45. The van der Waals surface area contributed by atoms with Crippen LogP contribution in [0.15, 0.2) is 48.5 Å². The second-order valence-corrected chi connectivity index (χ2v) is 8.61. The standard InChI is InChI=1S/C23H22Cl2N4O2/c1-14(2)15-6-8-16(9-7-15)26-22(30)20-12-21-23(31)28(10-11-29(21)27-20)13-17-18(24)4-3-5-19(17)25/h3-9,12,14H,10-11,13H2,1-2H3,(H,26,30). The van der Waals surface area contributed by atoms with Gasteiger partial charge in [0.1, 0.15) is 5.69 Å². The summed E-state index contributed by atoms with van der Waals surface area (Å²) in [6.07, 6.45) is 0. The molecule has 0 unspecified atom stereocenters. The molecule has 0 saturated heterocycles. The van der Waals surface area contributed by atoms with Crippen molar-refractivity contribution in [1.29, 1.82) is 0 Å². The quantitative estimate of drug-likeness (QED) is 0.571. The van der Waals surface area contributed by atoms with Gasteiger partial charge < -0.3 is 10.2 Å². The lowest BCUT2D eigenvalue weighted by atomic mass is 10.0. The van der Waals surface area contributed by atoms with Crippen molar-refractivity contribution < 1.29 is 9.59 Å². The summed E-state index contributed by atoms with van der Waals surface area (Å²) >= 11 is 12.5. The zero-order valence-corrected chi connectivity index (χ0v) is 18.7. The van der Waals surface area contributed by atoms with Crippen LogP contribution < -0.4 is 5.32 Å². The number of halogens is 2. The lowest BCUT2D eigenvalue weighted by Gasteiger charge is -2.28. The topological polar surface area (TPSA) is 67.2 Å². The predicted molar refractivity (Wildman–Crippen MR) is 122 cm³/mol. The van der Waals surface area contributed by atoms with Gasteiger partial charge in [0.25, 0.3) is 11.8 Å². The van der Waals surface area contributed by atoms with Crippen molar-refractivity contribution in [3.63, 3.8) is 0 Å². The fourth-order valence-electron chi connectivity index (χ4n) is 3.52. The largest absolute Gasteiger partial charge is 0.331 e. The Morgan fingerprint density at radius 3 is 2.42 bits per heavy atom. The zero-order chi connectivity index (χ0) is 22.1. The van der Waals surface area contributed by atoms with E-state index in [0.717, 1.165) is 0 Å². The van der Waals surface area contributed by atoms with Crippen molar-refractivity contribution in [1.82, 2.24) is 14.7 Å². The van der Waals surface area contributed by atoms with Crippen LogP contribution in [-0.4, -0.2) is 33.0 Å². The zero-order valence-electron chi connectivity index (χ0n) is 17.2. The summed E-state index contributed by atoms with van der Waals surface area (Å²) in [5.74, 6) is -0.151. The Morgan fingerprint density at radius 1 is 1.10 bits per heavy atom. The maximum Gasteiger partial charge on any atom is 0.276 e. The number of benzene rings is 2. The van der Waals surface area contributed by atoms with Crippen molar-refractivity contribution in [2.45, 2.75) is 32.9 Å². The fourth-order valence-corrected chi connectivity index (χ4v) is 4.04. The molecule has 0 saturated carbocycles. The van der Waals surface area contributed by atoms with E-state index in [1.165, 1.54) is 11.6 Å². The van der Waals surface area contributed by atoms with Gasteiger partial charge in [0, 0.05) is 40.5 Å². The maximum absolute atomic E-state index is 13.0. The SMILES string of the molecule is CC(C)c1ccc(NC(=O)c2cc3n(n2)CCN(Cc2c(Cl)cccc2Cl)C3=O)cc1. The second-order valence-electron chi connectivity index (χ2n) is 7.80. The van der Waals surface area contributed by atoms with Crippen LogP contribution in [-0.2, 0) is 13.1 Å². The van der Waals surface area contributed by atoms with Crippen molar-refractivity contribution in [3.05, 3.63) is 81.1 Å². The summed E-state index contributed by atoms with van der Waals surface area (Å²) in [5.41, 5.74) is 3.15. The Balaban J connectivity index is 1.49. The van der Waals surface area contributed by atoms with Crippen LogP contribution in [0.1, 0.15) is 51.9 Å². The number of carbonyl (C=O) groups excluding carboxylic acids is 2. The molecule has 2 amide bonds. The molecule has 0 aliphatic carbocycles. The minimum absolute atomic E-state index is 0.203. The number of hydrogen-bond donors (Lipinski definition) is 1. The van der Waals surface area contributed by atoms with Crippen LogP contribution >= 0.6 is 23.2 Å². The molecule has 160 valence electrons. The summed E-state index contributed by atoms with van der Waals surface area (Å²) in [6.45, 7) is 5.46. The predicted octanol–water partition coefficient (Wildman–Crippen LogP) is 5.22. The van der Waals surface area contributed by atoms with E-state index < -0.39 is 0 Å². The molecule has 1 aliphatic rings. The molecule has 2 aromatic carbocycles. The fraction of sp³-hybridized carbons (Fsp3) is 0.261. The molecule has 1 N–H and O–H groups in total. The molecule has 2 heterocycles. The van der Waals surface area contributed by atoms with Gasteiger partial charge in [0.15, 0.2) is 5.69 Å². The lowest BCUT2D eigenvalue weighted by Crippen LogP contribution is -2.39. The first-order chi connectivity index (χ1) is 14.8. The molecule has 0 radical (unpaired) electrons. The summed E-state index contributed by atoms with van der Waals surface area (Å²) in [4.78, 5) is 27.3.